The molecule has 0 saturated heterocycles. The van der Waals surface area contributed by atoms with Gasteiger partial charge >= 0.3 is 6.18 Å². The van der Waals surface area contributed by atoms with E-state index in [0.29, 0.717) is 23.6 Å². The lowest BCUT2D eigenvalue weighted by atomic mass is 10.1. The number of halogens is 5. The lowest BCUT2D eigenvalue weighted by molar-refractivity contribution is -0.137. The van der Waals surface area contributed by atoms with Gasteiger partial charge in [-0.2, -0.15) is 13.2 Å². The first-order valence-corrected chi connectivity index (χ1v) is 8.56. The molecule has 3 N–H and O–H groups in total. The monoisotopic (exact) mass is 410 g/mol. The van der Waals surface area contributed by atoms with Crippen LogP contribution in [0.15, 0.2) is 54.9 Å². The van der Waals surface area contributed by atoms with Crippen molar-refractivity contribution in [3.8, 4) is 11.3 Å². The topological polar surface area (TPSA) is 63.8 Å². The minimum absolute atomic E-state index is 0.315. The Hall–Kier alpha value is -2.71. The van der Waals surface area contributed by atoms with Crippen LogP contribution in [0.5, 0.6) is 0 Å². The molecule has 0 saturated carbocycles. The molecule has 1 unspecified atom stereocenters. The fourth-order valence-corrected chi connectivity index (χ4v) is 2.85. The Morgan fingerprint density at radius 3 is 2.39 bits per heavy atom. The van der Waals surface area contributed by atoms with Crippen LogP contribution in [0.4, 0.5) is 23.4 Å². The lowest BCUT2D eigenvalue weighted by Gasteiger charge is -2.14. The van der Waals surface area contributed by atoms with Gasteiger partial charge in [0.1, 0.15) is 18.0 Å². The van der Waals surface area contributed by atoms with Gasteiger partial charge in [-0.15, -0.1) is 0 Å². The van der Waals surface area contributed by atoms with E-state index in [1.165, 1.54) is 30.6 Å². The number of benzene rings is 2. The molecule has 9 heteroatoms. The summed E-state index contributed by atoms with van der Waals surface area (Å²) in [6.07, 6.45) is -3.24. The van der Waals surface area contributed by atoms with Crippen molar-refractivity contribution in [2.24, 2.45) is 5.73 Å². The van der Waals surface area contributed by atoms with E-state index in [9.17, 15) is 17.6 Å². The normalized spacial score (nSPS) is 12.6. The molecular weight excluding hydrogens is 396 g/mol. The van der Waals surface area contributed by atoms with Crippen LogP contribution in [-0.4, -0.2) is 16.5 Å². The average molecular weight is 411 g/mol. The summed E-state index contributed by atoms with van der Waals surface area (Å²) in [6, 6.07) is 10.4. The lowest BCUT2D eigenvalue weighted by Crippen LogP contribution is -2.21. The van der Waals surface area contributed by atoms with Crippen molar-refractivity contribution in [1.82, 2.24) is 9.97 Å². The molecule has 4 nitrogen and oxygen atoms in total. The van der Waals surface area contributed by atoms with Gasteiger partial charge in [0, 0.05) is 24.2 Å². The quantitative estimate of drug-likeness (QED) is 0.577. The van der Waals surface area contributed by atoms with Gasteiger partial charge < -0.3 is 11.1 Å². The van der Waals surface area contributed by atoms with Crippen molar-refractivity contribution in [2.45, 2.75) is 12.2 Å². The Morgan fingerprint density at radius 1 is 1.04 bits per heavy atom. The first-order chi connectivity index (χ1) is 13.2. The summed E-state index contributed by atoms with van der Waals surface area (Å²) in [7, 11) is 0. The Kier molecular flexibility index (Phi) is 5.81. The number of nitrogens with zero attached hydrogens (tertiary/aromatic N) is 2. The van der Waals surface area contributed by atoms with Crippen molar-refractivity contribution in [1.29, 1.82) is 0 Å². The van der Waals surface area contributed by atoms with Crippen molar-refractivity contribution < 1.29 is 17.6 Å². The van der Waals surface area contributed by atoms with Crippen LogP contribution in [0.2, 0.25) is 5.02 Å². The molecular formula is C19H15ClF4N4. The summed E-state index contributed by atoms with van der Waals surface area (Å²) < 4.78 is 51.5. The molecule has 1 atom stereocenters. The van der Waals surface area contributed by atoms with E-state index >= 15 is 0 Å². The third-order valence-corrected chi connectivity index (χ3v) is 4.35. The zero-order chi connectivity index (χ0) is 20.3. The van der Waals surface area contributed by atoms with E-state index in [2.05, 4.69) is 15.3 Å². The third-order valence-electron chi connectivity index (χ3n) is 4.04. The molecule has 0 radical (unpaired) electrons. The standard InChI is InChI=1S/C19H15ClF4N4/c20-15-7-12(3-6-14(15)19(22,23)24)17-8-18(28-10-27-17)26-9-16(25)11-1-4-13(21)5-2-11/h1-8,10,16H,9,25H2,(H,26,27,28). The van der Waals surface area contributed by atoms with Gasteiger partial charge in [0.15, 0.2) is 0 Å². The SMILES string of the molecule is NC(CNc1cc(-c2ccc(C(F)(F)F)c(Cl)c2)ncn1)c1ccc(F)cc1. The molecule has 3 aromatic rings. The molecule has 1 heterocycles. The Balaban J connectivity index is 1.74. The van der Waals surface area contributed by atoms with Gasteiger partial charge in [0.25, 0.3) is 0 Å². The minimum atomic E-state index is -4.52. The fraction of sp³-hybridized carbons (Fsp3) is 0.158. The van der Waals surface area contributed by atoms with Gasteiger partial charge in [-0.3, -0.25) is 0 Å². The van der Waals surface area contributed by atoms with E-state index in [0.717, 1.165) is 11.6 Å². The maximum atomic E-state index is 13.0. The van der Waals surface area contributed by atoms with Crippen LogP contribution in [0.25, 0.3) is 11.3 Å². The summed E-state index contributed by atoms with van der Waals surface area (Å²) in [5, 5.41) is 2.63. The maximum Gasteiger partial charge on any atom is 0.417 e. The zero-order valence-corrected chi connectivity index (χ0v) is 15.1. The molecule has 1 aromatic heterocycles. The molecule has 0 aliphatic rings. The van der Waals surface area contributed by atoms with Crippen molar-refractivity contribution >= 4 is 17.4 Å². The van der Waals surface area contributed by atoms with Crippen LogP contribution in [0.1, 0.15) is 17.2 Å². The van der Waals surface area contributed by atoms with Gasteiger partial charge in [-0.1, -0.05) is 29.8 Å². The summed E-state index contributed by atoms with van der Waals surface area (Å²) in [5.41, 5.74) is 6.74. The number of rotatable bonds is 5. The fourth-order valence-electron chi connectivity index (χ4n) is 2.56. The Bertz CT molecular complexity index is 961. The minimum Gasteiger partial charge on any atom is -0.368 e. The highest BCUT2D eigenvalue weighted by molar-refractivity contribution is 6.31. The average Bonchev–Trinajstić information content (AvgIpc) is 2.66. The zero-order valence-electron chi connectivity index (χ0n) is 14.3. The number of alkyl halides is 3. The largest absolute Gasteiger partial charge is 0.417 e. The highest BCUT2D eigenvalue weighted by Crippen LogP contribution is 2.36. The van der Waals surface area contributed by atoms with E-state index in [1.54, 1.807) is 18.2 Å². The van der Waals surface area contributed by atoms with Gasteiger partial charge in [0.2, 0.25) is 0 Å². The van der Waals surface area contributed by atoms with Crippen LogP contribution in [0, 0.1) is 5.82 Å². The molecule has 28 heavy (non-hydrogen) atoms. The van der Waals surface area contributed by atoms with E-state index < -0.39 is 22.8 Å². The first-order valence-electron chi connectivity index (χ1n) is 8.18. The number of hydrogen-bond acceptors (Lipinski definition) is 4. The number of anilines is 1. The summed E-state index contributed by atoms with van der Waals surface area (Å²) in [6.45, 7) is 0.315. The second-order valence-corrected chi connectivity index (χ2v) is 6.43. The molecule has 146 valence electrons. The first kappa shape index (κ1) is 20.0. The Labute approximate surface area is 163 Å². The second-order valence-electron chi connectivity index (χ2n) is 6.02. The van der Waals surface area contributed by atoms with E-state index in [4.69, 9.17) is 17.3 Å². The molecule has 3 rings (SSSR count). The molecule has 0 bridgehead atoms. The predicted octanol–water partition coefficient (Wildman–Crippen LogP) is 5.07. The van der Waals surface area contributed by atoms with Crippen LogP contribution in [0.3, 0.4) is 0 Å². The molecule has 0 amide bonds. The van der Waals surface area contributed by atoms with E-state index in [-0.39, 0.29) is 5.82 Å². The van der Waals surface area contributed by atoms with Gasteiger partial charge in [-0.25, -0.2) is 14.4 Å². The van der Waals surface area contributed by atoms with Crippen molar-refractivity contribution in [3.63, 3.8) is 0 Å². The van der Waals surface area contributed by atoms with Gasteiger partial charge in [-0.05, 0) is 29.8 Å². The van der Waals surface area contributed by atoms with Crippen LogP contribution < -0.4 is 11.1 Å². The molecule has 0 fully saturated rings. The van der Waals surface area contributed by atoms with Crippen molar-refractivity contribution in [2.75, 3.05) is 11.9 Å². The highest BCUT2D eigenvalue weighted by Gasteiger charge is 2.33. The Morgan fingerprint density at radius 2 is 1.75 bits per heavy atom. The molecule has 0 spiro atoms. The van der Waals surface area contributed by atoms with Gasteiger partial charge in [0.05, 0.1) is 16.3 Å². The molecule has 2 aromatic carbocycles. The van der Waals surface area contributed by atoms with Crippen molar-refractivity contribution in [3.05, 3.63) is 76.8 Å². The number of aromatic nitrogens is 2. The predicted molar refractivity (Wildman–Crippen MR) is 99.3 cm³/mol. The molecule has 0 aliphatic heterocycles. The molecule has 0 aliphatic carbocycles. The summed E-state index contributed by atoms with van der Waals surface area (Å²) in [4.78, 5) is 8.15. The number of nitrogens with one attached hydrogen (secondary N) is 1. The summed E-state index contributed by atoms with van der Waals surface area (Å²) >= 11 is 5.76. The van der Waals surface area contributed by atoms with E-state index in [1.807, 2.05) is 0 Å². The summed E-state index contributed by atoms with van der Waals surface area (Å²) in [5.74, 6) is 0.0955. The third kappa shape index (κ3) is 4.76. The highest BCUT2D eigenvalue weighted by atomic mass is 35.5. The van der Waals surface area contributed by atoms with Crippen LogP contribution in [-0.2, 0) is 6.18 Å². The maximum absolute atomic E-state index is 13.0. The second kappa shape index (κ2) is 8.12. The smallest absolute Gasteiger partial charge is 0.368 e. The number of nitrogens with two attached hydrogens (primary N) is 1. The van der Waals surface area contributed by atoms with Crippen LogP contribution >= 0.6 is 11.6 Å². The number of hydrogen-bond donors (Lipinski definition) is 2.